The van der Waals surface area contributed by atoms with E-state index in [1.54, 1.807) is 0 Å². The van der Waals surface area contributed by atoms with Crippen LogP contribution < -0.4 is 5.32 Å². The first kappa shape index (κ1) is 13.6. The van der Waals surface area contributed by atoms with Crippen molar-refractivity contribution < 1.29 is 4.74 Å². The average molecular weight is 294 g/mol. The van der Waals surface area contributed by atoms with Crippen LogP contribution >= 0.6 is 11.8 Å². The number of nitrogens with one attached hydrogen (secondary N) is 1. The van der Waals surface area contributed by atoms with Gasteiger partial charge in [0.2, 0.25) is 0 Å². The highest BCUT2D eigenvalue weighted by atomic mass is 32.2. The zero-order chi connectivity index (χ0) is 13.6. The van der Waals surface area contributed by atoms with Crippen LogP contribution in [0.5, 0.6) is 0 Å². The lowest BCUT2D eigenvalue weighted by Gasteiger charge is -2.35. The van der Waals surface area contributed by atoms with E-state index in [4.69, 9.17) is 9.73 Å². The van der Waals surface area contributed by atoms with Gasteiger partial charge in [-0.1, -0.05) is 6.42 Å². The zero-order valence-electron chi connectivity index (χ0n) is 12.4. The first-order chi connectivity index (χ1) is 9.73. The summed E-state index contributed by atoms with van der Waals surface area (Å²) in [5, 5.41) is 3.84. The maximum absolute atomic E-state index is 5.50. The quantitative estimate of drug-likeness (QED) is 0.868. The molecule has 0 aromatic rings. The molecule has 2 saturated carbocycles. The maximum Gasteiger partial charge on any atom is 0.147 e. The Balaban J connectivity index is 1.35. The van der Waals surface area contributed by atoms with Crippen LogP contribution in [0.4, 0.5) is 0 Å². The molecule has 20 heavy (non-hydrogen) atoms. The molecule has 0 aromatic heterocycles. The fraction of sp³-hybridized carbons (Fsp3) is 0.938. The molecule has 0 amide bonds. The van der Waals surface area contributed by atoms with E-state index in [9.17, 15) is 0 Å². The summed E-state index contributed by atoms with van der Waals surface area (Å²) in [6, 6.07) is 0.737. The minimum atomic E-state index is 0.221. The third-order valence-electron chi connectivity index (χ3n) is 5.96. The van der Waals surface area contributed by atoms with Crippen LogP contribution in [0.2, 0.25) is 0 Å². The number of hydrogen-bond acceptors (Lipinski definition) is 4. The molecule has 3 nitrogen and oxygen atoms in total. The van der Waals surface area contributed by atoms with Crippen molar-refractivity contribution in [2.45, 2.75) is 61.7 Å². The molecule has 1 saturated heterocycles. The van der Waals surface area contributed by atoms with E-state index in [-0.39, 0.29) is 4.75 Å². The van der Waals surface area contributed by atoms with Gasteiger partial charge in [-0.2, -0.15) is 0 Å². The third-order valence-corrected chi connectivity index (χ3v) is 7.39. The van der Waals surface area contributed by atoms with E-state index in [0.717, 1.165) is 37.0 Å². The average Bonchev–Trinajstić information content (AvgIpc) is 3.17. The molecular formula is C16H26N2OS. The summed E-state index contributed by atoms with van der Waals surface area (Å²) in [4.78, 5) is 4.80. The van der Waals surface area contributed by atoms with Crippen molar-refractivity contribution in [2.75, 3.05) is 13.2 Å². The highest BCUT2D eigenvalue weighted by molar-refractivity contribution is 8.02. The lowest BCUT2D eigenvalue weighted by molar-refractivity contribution is 0.0629. The molecule has 5 atom stereocenters. The lowest BCUT2D eigenvalue weighted by atomic mass is 9.87. The number of rotatable bonds is 3. The van der Waals surface area contributed by atoms with E-state index in [1.807, 2.05) is 11.8 Å². The Bertz CT molecular complexity index is 396. The molecule has 0 spiro atoms. The van der Waals surface area contributed by atoms with Gasteiger partial charge in [0.05, 0.1) is 4.75 Å². The Morgan fingerprint density at radius 2 is 2.05 bits per heavy atom. The second kappa shape index (κ2) is 5.29. The summed E-state index contributed by atoms with van der Waals surface area (Å²) in [5.41, 5.74) is 0.298. The van der Waals surface area contributed by atoms with Crippen molar-refractivity contribution in [3.8, 4) is 0 Å². The minimum absolute atomic E-state index is 0.221. The minimum Gasteiger partial charge on any atom is -0.381 e. The largest absolute Gasteiger partial charge is 0.381 e. The molecule has 112 valence electrons. The number of hydrogen-bond donors (Lipinski definition) is 1. The fourth-order valence-corrected chi connectivity index (χ4v) is 6.09. The molecule has 1 N–H and O–H groups in total. The van der Waals surface area contributed by atoms with Crippen molar-refractivity contribution in [3.63, 3.8) is 0 Å². The Morgan fingerprint density at radius 1 is 1.20 bits per heavy atom. The molecule has 3 fully saturated rings. The summed E-state index contributed by atoms with van der Waals surface area (Å²) < 4.78 is 5.72. The smallest absolute Gasteiger partial charge is 0.147 e. The Labute approximate surface area is 126 Å². The first-order valence-electron chi connectivity index (χ1n) is 8.29. The van der Waals surface area contributed by atoms with Gasteiger partial charge in [-0.25, -0.2) is 0 Å². The summed E-state index contributed by atoms with van der Waals surface area (Å²) in [6.45, 7) is 4.23. The molecule has 0 aromatic carbocycles. The number of ether oxygens (including phenoxy) is 1. The summed E-state index contributed by atoms with van der Waals surface area (Å²) in [7, 11) is 0. The van der Waals surface area contributed by atoms with E-state index in [1.165, 1.54) is 38.5 Å². The van der Waals surface area contributed by atoms with E-state index < -0.39 is 0 Å². The van der Waals surface area contributed by atoms with Crippen molar-refractivity contribution in [3.05, 3.63) is 0 Å². The molecule has 4 rings (SSSR count). The third kappa shape index (κ3) is 2.44. The molecule has 0 radical (unpaired) electrons. The number of nitrogens with zero attached hydrogens (tertiary/aromatic N) is 1. The number of fused-ring (bicyclic) bond motifs is 2. The highest BCUT2D eigenvalue weighted by Gasteiger charge is 2.44. The normalized spacial score (nSPS) is 48.2. The van der Waals surface area contributed by atoms with Gasteiger partial charge in [0.1, 0.15) is 5.50 Å². The van der Waals surface area contributed by atoms with Crippen molar-refractivity contribution >= 4 is 18.0 Å². The second-order valence-corrected chi connectivity index (χ2v) is 8.83. The predicted molar refractivity (Wildman–Crippen MR) is 84.2 cm³/mol. The topological polar surface area (TPSA) is 33.6 Å². The Morgan fingerprint density at radius 3 is 2.75 bits per heavy atom. The van der Waals surface area contributed by atoms with Crippen LogP contribution in [0.3, 0.4) is 0 Å². The lowest BCUT2D eigenvalue weighted by Crippen LogP contribution is -2.40. The van der Waals surface area contributed by atoms with Crippen molar-refractivity contribution in [1.82, 2.24) is 5.32 Å². The first-order valence-corrected chi connectivity index (χ1v) is 9.17. The monoisotopic (exact) mass is 294 g/mol. The molecule has 4 aliphatic rings. The van der Waals surface area contributed by atoms with Gasteiger partial charge in [0.25, 0.3) is 0 Å². The summed E-state index contributed by atoms with van der Waals surface area (Å²) in [5.74, 6) is 2.68. The molecule has 2 bridgehead atoms. The summed E-state index contributed by atoms with van der Waals surface area (Å²) >= 11 is 2.04. The van der Waals surface area contributed by atoms with E-state index >= 15 is 0 Å². The standard InChI is InChI=1S/C16H26N2OS/c1-16(13-4-6-19-7-5-13)10-17-15(20-16)18-14-9-11-2-3-12(14)8-11/h10-15,18H,2-9H2,1H3/t11-,12+,14?,15?,16-/m1/s1. The van der Waals surface area contributed by atoms with Crippen LogP contribution in [0.25, 0.3) is 0 Å². The second-order valence-electron chi connectivity index (χ2n) is 7.27. The van der Waals surface area contributed by atoms with Crippen LogP contribution in [0.1, 0.15) is 45.4 Å². The van der Waals surface area contributed by atoms with Gasteiger partial charge in [0, 0.05) is 25.5 Å². The van der Waals surface area contributed by atoms with Gasteiger partial charge < -0.3 is 4.74 Å². The molecule has 2 aliphatic heterocycles. The van der Waals surface area contributed by atoms with Crippen LogP contribution in [0, 0.1) is 17.8 Å². The van der Waals surface area contributed by atoms with E-state index in [0.29, 0.717) is 5.50 Å². The Kier molecular flexibility index (Phi) is 3.60. The fourth-order valence-electron chi connectivity index (χ4n) is 4.70. The van der Waals surface area contributed by atoms with Crippen molar-refractivity contribution in [2.24, 2.45) is 22.7 Å². The summed E-state index contributed by atoms with van der Waals surface area (Å²) in [6.07, 6.45) is 10.4. The van der Waals surface area contributed by atoms with Gasteiger partial charge >= 0.3 is 0 Å². The highest BCUT2D eigenvalue weighted by Crippen LogP contribution is 2.47. The van der Waals surface area contributed by atoms with Gasteiger partial charge in [-0.05, 0) is 56.8 Å². The Hall–Kier alpha value is -0.0600. The number of aliphatic imine (C=N–C) groups is 1. The maximum atomic E-state index is 5.50. The number of thioether (sulfide) groups is 1. The van der Waals surface area contributed by atoms with Crippen LogP contribution in [0.15, 0.2) is 4.99 Å². The SMILES string of the molecule is C[C@]1(C2CCOCC2)C=NC(NC2C[C@@H]3CC[C@H]2C3)S1. The van der Waals surface area contributed by atoms with Crippen molar-refractivity contribution in [1.29, 1.82) is 0 Å². The molecule has 2 unspecified atom stereocenters. The predicted octanol–water partition coefficient (Wildman–Crippen LogP) is 3.05. The van der Waals surface area contributed by atoms with Gasteiger partial charge in [-0.15, -0.1) is 11.8 Å². The molecular weight excluding hydrogens is 268 g/mol. The van der Waals surface area contributed by atoms with Crippen LogP contribution in [-0.2, 0) is 4.74 Å². The van der Waals surface area contributed by atoms with Gasteiger partial charge in [-0.3, -0.25) is 10.3 Å². The molecule has 2 heterocycles. The molecule has 2 aliphatic carbocycles. The van der Waals surface area contributed by atoms with E-state index in [2.05, 4.69) is 18.5 Å². The van der Waals surface area contributed by atoms with Crippen LogP contribution in [-0.4, -0.2) is 35.7 Å². The van der Waals surface area contributed by atoms with Gasteiger partial charge in [0.15, 0.2) is 0 Å². The molecule has 4 heteroatoms. The zero-order valence-corrected chi connectivity index (χ0v) is 13.2.